The minimum absolute atomic E-state index is 0.0459. The van der Waals surface area contributed by atoms with Crippen molar-refractivity contribution < 1.29 is 4.92 Å². The quantitative estimate of drug-likeness (QED) is 0.660. The van der Waals surface area contributed by atoms with Gasteiger partial charge in [-0.15, -0.1) is 0 Å². The predicted octanol–water partition coefficient (Wildman–Crippen LogP) is 1.65. The highest BCUT2D eigenvalue weighted by Gasteiger charge is 2.21. The molecule has 1 aromatic carbocycles. The number of nitrogens with zero attached hydrogens (tertiary/aromatic N) is 3. The van der Waals surface area contributed by atoms with E-state index in [1.54, 1.807) is 6.07 Å². The number of non-ortho nitro benzene ring substituents is 1. The summed E-state index contributed by atoms with van der Waals surface area (Å²) in [7, 11) is 1.93. The lowest BCUT2D eigenvalue weighted by Gasteiger charge is -2.33. The number of piperidine rings is 1. The summed E-state index contributed by atoms with van der Waals surface area (Å²) in [5.74, 6) is 0. The minimum Gasteiger partial charge on any atom is -0.369 e. The van der Waals surface area contributed by atoms with Crippen molar-refractivity contribution >= 4 is 11.4 Å². The SMILES string of the molecule is CN(c1ccc([N+](=O)[O-])cc1C#N)C1CCCNC1. The van der Waals surface area contributed by atoms with E-state index in [2.05, 4.69) is 5.32 Å². The van der Waals surface area contributed by atoms with Crippen LogP contribution in [-0.2, 0) is 0 Å². The van der Waals surface area contributed by atoms with Gasteiger partial charge in [0.1, 0.15) is 6.07 Å². The van der Waals surface area contributed by atoms with Crippen LogP contribution >= 0.6 is 0 Å². The van der Waals surface area contributed by atoms with Gasteiger partial charge in [-0.25, -0.2) is 0 Å². The number of benzene rings is 1. The van der Waals surface area contributed by atoms with Crippen LogP contribution in [0, 0.1) is 21.4 Å². The molecule has 1 aliphatic heterocycles. The topological polar surface area (TPSA) is 82.2 Å². The number of nitro benzene ring substituents is 1. The zero-order valence-corrected chi connectivity index (χ0v) is 10.8. The van der Waals surface area contributed by atoms with E-state index in [1.165, 1.54) is 12.1 Å². The van der Waals surface area contributed by atoms with E-state index < -0.39 is 4.92 Å². The number of likely N-dealkylation sites (N-methyl/N-ethyl adjacent to an activating group) is 1. The van der Waals surface area contributed by atoms with E-state index in [9.17, 15) is 10.1 Å². The maximum absolute atomic E-state index is 10.7. The summed E-state index contributed by atoms with van der Waals surface area (Å²) in [6.07, 6.45) is 2.16. The van der Waals surface area contributed by atoms with E-state index >= 15 is 0 Å². The Morgan fingerprint density at radius 3 is 2.95 bits per heavy atom. The minimum atomic E-state index is -0.479. The molecule has 100 valence electrons. The molecule has 0 amide bonds. The Morgan fingerprint density at radius 1 is 1.58 bits per heavy atom. The third-order valence-corrected chi connectivity index (χ3v) is 3.51. The first kappa shape index (κ1) is 13.3. The highest BCUT2D eigenvalue weighted by atomic mass is 16.6. The fourth-order valence-corrected chi connectivity index (χ4v) is 2.40. The van der Waals surface area contributed by atoms with Gasteiger partial charge in [0.15, 0.2) is 0 Å². The van der Waals surface area contributed by atoms with Gasteiger partial charge in [0.05, 0.1) is 16.2 Å². The summed E-state index contributed by atoms with van der Waals surface area (Å²) in [6, 6.07) is 6.81. The molecule has 2 rings (SSSR count). The Balaban J connectivity index is 2.28. The van der Waals surface area contributed by atoms with Crippen LogP contribution in [0.1, 0.15) is 18.4 Å². The molecule has 1 fully saturated rings. The molecule has 1 atom stereocenters. The number of rotatable bonds is 3. The first-order valence-corrected chi connectivity index (χ1v) is 6.25. The molecule has 19 heavy (non-hydrogen) atoms. The highest BCUT2D eigenvalue weighted by Crippen LogP contribution is 2.26. The zero-order valence-electron chi connectivity index (χ0n) is 10.8. The first-order chi connectivity index (χ1) is 9.13. The summed E-state index contributed by atoms with van der Waals surface area (Å²) in [5.41, 5.74) is 1.06. The van der Waals surface area contributed by atoms with Crippen molar-refractivity contribution in [1.82, 2.24) is 5.32 Å². The van der Waals surface area contributed by atoms with Crippen molar-refractivity contribution in [3.8, 4) is 6.07 Å². The Bertz CT molecular complexity index is 518. The molecule has 0 aliphatic carbocycles. The number of nitro groups is 1. The average Bonchev–Trinajstić information content (AvgIpc) is 2.46. The lowest BCUT2D eigenvalue weighted by Crippen LogP contribution is -2.44. The molecule has 6 heteroatoms. The standard InChI is InChI=1S/C13H16N4O2/c1-16(12-3-2-6-15-9-12)13-5-4-11(17(18)19)7-10(13)8-14/h4-5,7,12,15H,2-3,6,9H2,1H3. The maximum atomic E-state index is 10.7. The monoisotopic (exact) mass is 260 g/mol. The number of anilines is 1. The Kier molecular flexibility index (Phi) is 3.97. The van der Waals surface area contributed by atoms with Crippen LogP contribution in [0.4, 0.5) is 11.4 Å². The van der Waals surface area contributed by atoms with E-state index in [0.717, 1.165) is 31.6 Å². The van der Waals surface area contributed by atoms with E-state index in [1.807, 2.05) is 18.0 Å². The number of nitrogens with one attached hydrogen (secondary N) is 1. The largest absolute Gasteiger partial charge is 0.369 e. The van der Waals surface area contributed by atoms with Crippen LogP contribution in [0.3, 0.4) is 0 Å². The molecule has 1 aliphatic rings. The van der Waals surface area contributed by atoms with Gasteiger partial charge in [-0.1, -0.05) is 0 Å². The summed E-state index contributed by atoms with van der Waals surface area (Å²) in [6.45, 7) is 1.90. The number of hydrogen-bond donors (Lipinski definition) is 1. The summed E-state index contributed by atoms with van der Waals surface area (Å²) in [5, 5.41) is 23.2. The highest BCUT2D eigenvalue weighted by molar-refractivity contribution is 5.63. The van der Waals surface area contributed by atoms with Gasteiger partial charge in [-0.3, -0.25) is 10.1 Å². The zero-order chi connectivity index (χ0) is 13.8. The molecule has 0 spiro atoms. The van der Waals surface area contributed by atoms with Crippen molar-refractivity contribution in [2.75, 3.05) is 25.0 Å². The molecule has 1 N–H and O–H groups in total. The summed E-state index contributed by atoms with van der Waals surface area (Å²) in [4.78, 5) is 12.3. The van der Waals surface area contributed by atoms with E-state index in [4.69, 9.17) is 5.26 Å². The molecule has 1 unspecified atom stereocenters. The molecule has 0 aromatic heterocycles. The Hall–Kier alpha value is -2.13. The number of hydrogen-bond acceptors (Lipinski definition) is 5. The Morgan fingerprint density at radius 2 is 2.37 bits per heavy atom. The number of nitriles is 1. The smallest absolute Gasteiger partial charge is 0.270 e. The van der Waals surface area contributed by atoms with Crippen molar-refractivity contribution in [2.45, 2.75) is 18.9 Å². The van der Waals surface area contributed by atoms with Gasteiger partial charge in [0.25, 0.3) is 5.69 Å². The van der Waals surface area contributed by atoms with Crippen LogP contribution < -0.4 is 10.2 Å². The molecule has 1 heterocycles. The fourth-order valence-electron chi connectivity index (χ4n) is 2.40. The van der Waals surface area contributed by atoms with Crippen LogP contribution in [0.2, 0.25) is 0 Å². The second-order valence-electron chi connectivity index (χ2n) is 4.68. The molecule has 0 bridgehead atoms. The maximum Gasteiger partial charge on any atom is 0.270 e. The van der Waals surface area contributed by atoms with Crippen molar-refractivity contribution in [2.24, 2.45) is 0 Å². The molecule has 1 aromatic rings. The Labute approximate surface area is 111 Å². The summed E-state index contributed by atoms with van der Waals surface area (Å²) >= 11 is 0. The molecule has 1 saturated heterocycles. The predicted molar refractivity (Wildman–Crippen MR) is 72.1 cm³/mol. The lowest BCUT2D eigenvalue weighted by atomic mass is 10.0. The normalized spacial score (nSPS) is 18.6. The average molecular weight is 260 g/mol. The molecular weight excluding hydrogens is 244 g/mol. The molecule has 6 nitrogen and oxygen atoms in total. The molecule has 0 radical (unpaired) electrons. The van der Waals surface area contributed by atoms with Gasteiger partial charge >= 0.3 is 0 Å². The van der Waals surface area contributed by atoms with Gasteiger partial charge in [0.2, 0.25) is 0 Å². The fraction of sp³-hybridized carbons (Fsp3) is 0.462. The van der Waals surface area contributed by atoms with Gasteiger partial charge in [-0.05, 0) is 25.5 Å². The van der Waals surface area contributed by atoms with Crippen molar-refractivity contribution in [1.29, 1.82) is 5.26 Å². The van der Waals surface area contributed by atoms with Crippen molar-refractivity contribution in [3.63, 3.8) is 0 Å². The summed E-state index contributed by atoms with van der Waals surface area (Å²) < 4.78 is 0. The third-order valence-electron chi connectivity index (χ3n) is 3.51. The molecule has 0 saturated carbocycles. The first-order valence-electron chi connectivity index (χ1n) is 6.25. The molecular formula is C13H16N4O2. The van der Waals surface area contributed by atoms with Crippen LogP contribution in [0.15, 0.2) is 18.2 Å². The lowest BCUT2D eigenvalue weighted by molar-refractivity contribution is -0.384. The van der Waals surface area contributed by atoms with Crippen molar-refractivity contribution in [3.05, 3.63) is 33.9 Å². The van der Waals surface area contributed by atoms with Gasteiger partial charge < -0.3 is 10.2 Å². The van der Waals surface area contributed by atoms with Crippen LogP contribution in [0.5, 0.6) is 0 Å². The van der Waals surface area contributed by atoms with E-state index in [-0.39, 0.29) is 5.69 Å². The van der Waals surface area contributed by atoms with Gasteiger partial charge in [-0.2, -0.15) is 5.26 Å². The van der Waals surface area contributed by atoms with Crippen LogP contribution in [-0.4, -0.2) is 31.1 Å². The second kappa shape index (κ2) is 5.67. The van der Waals surface area contributed by atoms with Crippen LogP contribution in [0.25, 0.3) is 0 Å². The second-order valence-corrected chi connectivity index (χ2v) is 4.68. The van der Waals surface area contributed by atoms with Gasteiger partial charge in [0, 0.05) is 31.8 Å². The van der Waals surface area contributed by atoms with E-state index in [0.29, 0.717) is 11.6 Å². The third kappa shape index (κ3) is 2.83.